The molecule has 1 aromatic rings. The van der Waals surface area contributed by atoms with E-state index in [0.717, 1.165) is 12.1 Å². The second-order valence-corrected chi connectivity index (χ2v) is 5.15. The third kappa shape index (κ3) is 5.13. The van der Waals surface area contributed by atoms with Crippen molar-refractivity contribution < 1.29 is 15.3 Å². The number of rotatable bonds is 8. The fraction of sp³-hybridized carbons (Fsp3) is 0.714. The molecule has 0 radical (unpaired) electrons. The van der Waals surface area contributed by atoms with Crippen molar-refractivity contribution >= 4 is 0 Å². The Hall–Kier alpha value is -1.08. The average Bonchev–Trinajstić information content (AvgIpc) is 2.46. The first-order chi connectivity index (χ1) is 9.47. The third-order valence-electron chi connectivity index (χ3n) is 3.37. The molecule has 1 rings (SSSR count). The molecule has 0 bridgehead atoms. The first-order valence-corrected chi connectivity index (χ1v) is 7.01. The van der Waals surface area contributed by atoms with E-state index in [2.05, 4.69) is 29.1 Å². The van der Waals surface area contributed by atoms with Crippen LogP contribution in [0.25, 0.3) is 0 Å². The Bertz CT molecular complexity index is 386. The van der Waals surface area contributed by atoms with Crippen LogP contribution in [0.5, 0.6) is 0 Å². The smallest absolute Gasteiger partial charge is 0.103 e. The minimum absolute atomic E-state index is 0.111. The minimum Gasteiger partial charge on any atom is -0.394 e. The lowest BCUT2D eigenvalue weighted by molar-refractivity contribution is -0.0137. The topological polar surface area (TPSA) is 98.5 Å². The molecule has 4 atom stereocenters. The molecule has 0 fully saturated rings. The van der Waals surface area contributed by atoms with E-state index < -0.39 is 18.8 Å². The predicted molar refractivity (Wildman–Crippen MR) is 76.1 cm³/mol. The van der Waals surface area contributed by atoms with E-state index in [4.69, 9.17) is 5.11 Å². The van der Waals surface area contributed by atoms with Crippen molar-refractivity contribution in [2.45, 2.75) is 57.9 Å². The first-order valence-electron chi connectivity index (χ1n) is 7.01. The number of hydrogen-bond acceptors (Lipinski definition) is 6. The minimum atomic E-state index is -1.15. The maximum atomic E-state index is 9.61. The Labute approximate surface area is 119 Å². The highest BCUT2D eigenvalue weighted by molar-refractivity contribution is 5.07. The zero-order chi connectivity index (χ0) is 15.1. The van der Waals surface area contributed by atoms with Gasteiger partial charge in [0.15, 0.2) is 0 Å². The van der Waals surface area contributed by atoms with Crippen LogP contribution in [0.2, 0.25) is 0 Å². The predicted octanol–water partition coefficient (Wildman–Crippen LogP) is 0.182. The second-order valence-electron chi connectivity index (χ2n) is 5.15. The van der Waals surface area contributed by atoms with Gasteiger partial charge >= 0.3 is 0 Å². The molecule has 0 aliphatic rings. The summed E-state index contributed by atoms with van der Waals surface area (Å²) in [5.41, 5.74) is 1.43. The van der Waals surface area contributed by atoms with Crippen LogP contribution in [-0.2, 0) is 6.42 Å². The Kier molecular flexibility index (Phi) is 7.01. The van der Waals surface area contributed by atoms with E-state index >= 15 is 0 Å². The van der Waals surface area contributed by atoms with Crippen LogP contribution in [0.1, 0.15) is 44.6 Å². The Morgan fingerprint density at radius 3 is 2.35 bits per heavy atom. The van der Waals surface area contributed by atoms with Gasteiger partial charge in [0.1, 0.15) is 6.10 Å². The summed E-state index contributed by atoms with van der Waals surface area (Å²) in [5.74, 6) is 0. The molecule has 6 heteroatoms. The van der Waals surface area contributed by atoms with Crippen molar-refractivity contribution in [2.75, 3.05) is 6.61 Å². The summed E-state index contributed by atoms with van der Waals surface area (Å²) in [6, 6.07) is 0.521. The van der Waals surface area contributed by atoms with E-state index in [0.29, 0.717) is 11.7 Å². The monoisotopic (exact) mass is 283 g/mol. The number of hydrogen-bond donors (Lipinski definition) is 4. The molecule has 0 saturated carbocycles. The zero-order valence-electron chi connectivity index (χ0n) is 12.3. The summed E-state index contributed by atoms with van der Waals surface area (Å²) in [4.78, 5) is 8.56. The van der Waals surface area contributed by atoms with Crippen LogP contribution in [0.15, 0.2) is 12.4 Å². The molecule has 4 N–H and O–H groups in total. The quantitative estimate of drug-likeness (QED) is 0.543. The highest BCUT2D eigenvalue weighted by Gasteiger charge is 2.17. The summed E-state index contributed by atoms with van der Waals surface area (Å²) in [6.45, 7) is 5.79. The van der Waals surface area contributed by atoms with Crippen LogP contribution in [0.3, 0.4) is 0 Å². The summed E-state index contributed by atoms with van der Waals surface area (Å²) in [6.07, 6.45) is 2.30. The number of aliphatic hydroxyl groups is 3. The van der Waals surface area contributed by atoms with Crippen molar-refractivity contribution in [3.63, 3.8) is 0 Å². The van der Waals surface area contributed by atoms with Gasteiger partial charge in [-0.25, -0.2) is 0 Å². The Morgan fingerprint density at radius 1 is 1.15 bits per heavy atom. The number of nitrogens with one attached hydrogen (secondary N) is 1. The molecule has 1 unspecified atom stereocenters. The molecular formula is C14H25N3O3. The van der Waals surface area contributed by atoms with Crippen molar-refractivity contribution in [1.29, 1.82) is 0 Å². The number of nitrogens with zero attached hydrogens (tertiary/aromatic N) is 2. The van der Waals surface area contributed by atoms with Gasteiger partial charge in [0.2, 0.25) is 0 Å². The standard InChI is InChI=1S/C14H25N3O3/c1-4-9(2)17-10(3)12-7-15-11(6-16-12)5-13(19)14(20)8-18/h6-7,9-10,13-14,17-20H,4-5,8H2,1-3H3/t9-,10?,13-,14+/m0/s1. The van der Waals surface area contributed by atoms with Gasteiger partial charge in [-0.15, -0.1) is 0 Å². The second kappa shape index (κ2) is 8.26. The molecule has 0 spiro atoms. The van der Waals surface area contributed by atoms with E-state index in [1.165, 1.54) is 0 Å². The van der Waals surface area contributed by atoms with Crippen molar-refractivity contribution in [3.8, 4) is 0 Å². The average molecular weight is 283 g/mol. The van der Waals surface area contributed by atoms with Gasteiger partial charge in [-0.2, -0.15) is 0 Å². The fourth-order valence-electron chi connectivity index (χ4n) is 1.80. The Balaban J connectivity index is 2.60. The zero-order valence-corrected chi connectivity index (χ0v) is 12.3. The fourth-order valence-corrected chi connectivity index (χ4v) is 1.80. The van der Waals surface area contributed by atoms with E-state index in [1.54, 1.807) is 12.4 Å². The molecule has 0 aliphatic heterocycles. The van der Waals surface area contributed by atoms with Gasteiger partial charge in [0.05, 0.1) is 30.3 Å². The highest BCUT2D eigenvalue weighted by atomic mass is 16.4. The maximum Gasteiger partial charge on any atom is 0.103 e. The van der Waals surface area contributed by atoms with Gasteiger partial charge in [0.25, 0.3) is 0 Å². The van der Waals surface area contributed by atoms with Crippen LogP contribution in [0, 0.1) is 0 Å². The van der Waals surface area contributed by atoms with Gasteiger partial charge in [-0.1, -0.05) is 6.92 Å². The van der Waals surface area contributed by atoms with Crippen molar-refractivity contribution in [1.82, 2.24) is 15.3 Å². The van der Waals surface area contributed by atoms with Gasteiger partial charge in [-0.05, 0) is 20.3 Å². The summed E-state index contributed by atoms with van der Waals surface area (Å²) in [7, 11) is 0. The third-order valence-corrected chi connectivity index (χ3v) is 3.37. The number of aromatic nitrogens is 2. The van der Waals surface area contributed by atoms with Crippen molar-refractivity contribution in [2.24, 2.45) is 0 Å². The maximum absolute atomic E-state index is 9.61. The van der Waals surface area contributed by atoms with Crippen LogP contribution >= 0.6 is 0 Å². The van der Waals surface area contributed by atoms with Crippen LogP contribution in [0.4, 0.5) is 0 Å². The van der Waals surface area contributed by atoms with Gasteiger partial charge in [-0.3, -0.25) is 9.97 Å². The molecule has 6 nitrogen and oxygen atoms in total. The van der Waals surface area contributed by atoms with Crippen LogP contribution < -0.4 is 5.32 Å². The lowest BCUT2D eigenvalue weighted by atomic mass is 10.1. The highest BCUT2D eigenvalue weighted by Crippen LogP contribution is 2.11. The largest absolute Gasteiger partial charge is 0.394 e. The molecule has 1 aromatic heterocycles. The molecule has 0 aliphatic carbocycles. The van der Waals surface area contributed by atoms with Gasteiger partial charge < -0.3 is 20.6 Å². The molecule has 0 aromatic carbocycles. The summed E-state index contributed by atoms with van der Waals surface area (Å²) >= 11 is 0. The lowest BCUT2D eigenvalue weighted by Crippen LogP contribution is -2.31. The van der Waals surface area contributed by atoms with E-state index in [9.17, 15) is 10.2 Å². The van der Waals surface area contributed by atoms with E-state index in [-0.39, 0.29) is 12.5 Å². The summed E-state index contributed by atoms with van der Waals surface area (Å²) in [5, 5.41) is 31.1. The molecular weight excluding hydrogens is 258 g/mol. The van der Waals surface area contributed by atoms with Crippen LogP contribution in [-0.4, -0.2) is 50.1 Å². The first kappa shape index (κ1) is 17.0. The lowest BCUT2D eigenvalue weighted by Gasteiger charge is -2.18. The van der Waals surface area contributed by atoms with E-state index in [1.807, 2.05) is 6.92 Å². The molecule has 114 valence electrons. The summed E-state index contributed by atoms with van der Waals surface area (Å²) < 4.78 is 0. The normalized spacial score (nSPS) is 17.5. The molecule has 0 saturated heterocycles. The number of aliphatic hydroxyl groups excluding tert-OH is 3. The molecule has 0 amide bonds. The Morgan fingerprint density at radius 2 is 1.85 bits per heavy atom. The molecule has 20 heavy (non-hydrogen) atoms. The van der Waals surface area contributed by atoms with Crippen molar-refractivity contribution in [3.05, 3.63) is 23.8 Å². The SMILES string of the molecule is CC[C@H](C)NC(C)c1cnc(C[C@H](O)[C@H](O)CO)cn1. The van der Waals surface area contributed by atoms with Gasteiger partial charge in [0, 0.05) is 24.7 Å². The molecule has 1 heterocycles.